The maximum Gasteiger partial charge on any atom is 0.407 e. The maximum atomic E-state index is 12.5. The third kappa shape index (κ3) is 6.00. The lowest BCUT2D eigenvalue weighted by Gasteiger charge is -2.20. The minimum atomic E-state index is -1.05. The normalized spacial score (nSPS) is 19.6. The molecule has 0 heterocycles. The molecule has 0 radical (unpaired) electrons. The van der Waals surface area contributed by atoms with Gasteiger partial charge in [0, 0.05) is 24.9 Å². The standard InChI is InChI=1S/C27H33N3O5/c1-30(2)15-24(26(32)33)29-25(31)14-17-11-12-18(13-17)28-27(34)35-16-23-21-9-5-3-7-19(21)20-8-4-6-10-22(20)23/h3-10,17-18,23-24H,11-16H2,1-2H3,(H,28,34)(H,29,31)(H,32,33)/t17-,18+,24+/m1/s1. The molecule has 0 unspecified atom stereocenters. The Bertz CT molecular complexity index is 1040. The summed E-state index contributed by atoms with van der Waals surface area (Å²) in [5.74, 6) is -1.21. The fourth-order valence-corrected chi connectivity index (χ4v) is 5.26. The Hall–Kier alpha value is -3.39. The van der Waals surface area contributed by atoms with Gasteiger partial charge in [-0.2, -0.15) is 0 Å². The molecule has 8 nitrogen and oxygen atoms in total. The Labute approximate surface area is 205 Å². The number of aliphatic carboxylic acids is 1. The summed E-state index contributed by atoms with van der Waals surface area (Å²) in [5, 5.41) is 14.9. The molecule has 1 saturated carbocycles. The Morgan fingerprint density at radius 1 is 1.03 bits per heavy atom. The van der Waals surface area contributed by atoms with Crippen LogP contribution >= 0.6 is 0 Å². The van der Waals surface area contributed by atoms with E-state index in [2.05, 4.69) is 34.9 Å². The van der Waals surface area contributed by atoms with Crippen molar-refractivity contribution >= 4 is 18.0 Å². The van der Waals surface area contributed by atoms with Gasteiger partial charge in [-0.25, -0.2) is 9.59 Å². The Kier molecular flexibility index (Phi) is 7.70. The van der Waals surface area contributed by atoms with Crippen LogP contribution in [0.5, 0.6) is 0 Å². The number of amides is 2. The fourth-order valence-electron chi connectivity index (χ4n) is 5.26. The maximum absolute atomic E-state index is 12.5. The molecule has 3 N–H and O–H groups in total. The van der Waals surface area contributed by atoms with Crippen LogP contribution in [0.4, 0.5) is 4.79 Å². The third-order valence-corrected chi connectivity index (χ3v) is 6.86. The predicted molar refractivity (Wildman–Crippen MR) is 132 cm³/mol. The molecule has 2 aliphatic rings. The second kappa shape index (κ2) is 10.9. The zero-order chi connectivity index (χ0) is 24.9. The molecule has 2 aliphatic carbocycles. The summed E-state index contributed by atoms with van der Waals surface area (Å²) in [5.41, 5.74) is 4.71. The van der Waals surface area contributed by atoms with E-state index >= 15 is 0 Å². The van der Waals surface area contributed by atoms with Crippen molar-refractivity contribution < 1.29 is 24.2 Å². The van der Waals surface area contributed by atoms with Gasteiger partial charge in [0.25, 0.3) is 0 Å². The molecule has 2 aromatic carbocycles. The number of hydrogen-bond acceptors (Lipinski definition) is 5. The number of nitrogens with zero attached hydrogens (tertiary/aromatic N) is 1. The van der Waals surface area contributed by atoms with Crippen LogP contribution in [-0.4, -0.2) is 67.3 Å². The van der Waals surface area contributed by atoms with E-state index in [0.717, 1.165) is 12.8 Å². The van der Waals surface area contributed by atoms with Crippen molar-refractivity contribution in [3.63, 3.8) is 0 Å². The summed E-state index contributed by atoms with van der Waals surface area (Å²) in [6.07, 6.45) is 2.04. The number of carboxylic acids is 1. The molecule has 0 saturated heterocycles. The molecule has 2 aromatic rings. The first-order valence-corrected chi connectivity index (χ1v) is 12.1. The lowest BCUT2D eigenvalue weighted by Crippen LogP contribution is -2.47. The van der Waals surface area contributed by atoms with Gasteiger partial charge in [-0.15, -0.1) is 0 Å². The monoisotopic (exact) mass is 479 g/mol. The minimum Gasteiger partial charge on any atom is -0.480 e. The number of nitrogens with one attached hydrogen (secondary N) is 2. The molecule has 3 atom stereocenters. The number of carbonyl (C=O) groups is 3. The van der Waals surface area contributed by atoms with Crippen LogP contribution in [0.2, 0.25) is 0 Å². The van der Waals surface area contributed by atoms with E-state index in [1.54, 1.807) is 19.0 Å². The second-order valence-corrected chi connectivity index (χ2v) is 9.77. The Balaban J connectivity index is 1.24. The number of likely N-dealkylation sites (N-methyl/N-ethyl adjacent to an activating group) is 1. The molecule has 0 aromatic heterocycles. The lowest BCUT2D eigenvalue weighted by molar-refractivity contribution is -0.142. The number of benzene rings is 2. The van der Waals surface area contributed by atoms with Crippen LogP contribution < -0.4 is 10.6 Å². The number of fused-ring (bicyclic) bond motifs is 3. The van der Waals surface area contributed by atoms with Crippen LogP contribution in [0.1, 0.15) is 42.7 Å². The molecule has 1 fully saturated rings. The lowest BCUT2D eigenvalue weighted by atomic mass is 9.98. The average molecular weight is 480 g/mol. The summed E-state index contributed by atoms with van der Waals surface area (Å²) < 4.78 is 5.63. The minimum absolute atomic E-state index is 0.0116. The van der Waals surface area contributed by atoms with Gasteiger partial charge < -0.3 is 25.4 Å². The topological polar surface area (TPSA) is 108 Å². The van der Waals surface area contributed by atoms with Gasteiger partial charge in [0.1, 0.15) is 12.6 Å². The van der Waals surface area contributed by atoms with E-state index in [1.807, 2.05) is 24.3 Å². The zero-order valence-corrected chi connectivity index (χ0v) is 20.2. The van der Waals surface area contributed by atoms with Crippen molar-refractivity contribution in [2.24, 2.45) is 5.92 Å². The van der Waals surface area contributed by atoms with Crippen molar-refractivity contribution in [3.05, 3.63) is 59.7 Å². The zero-order valence-electron chi connectivity index (χ0n) is 20.2. The number of alkyl carbamates (subject to hydrolysis) is 1. The van der Waals surface area contributed by atoms with Gasteiger partial charge in [-0.1, -0.05) is 48.5 Å². The van der Waals surface area contributed by atoms with Gasteiger partial charge in [-0.3, -0.25) is 4.79 Å². The van der Waals surface area contributed by atoms with Crippen molar-refractivity contribution in [1.29, 1.82) is 0 Å². The van der Waals surface area contributed by atoms with Crippen molar-refractivity contribution in [2.75, 3.05) is 27.2 Å². The first-order chi connectivity index (χ1) is 16.8. The SMILES string of the molecule is CN(C)C[C@H](NC(=O)C[C@@H]1CC[C@H](NC(=O)OCC2c3ccccc3-c3ccccc32)C1)C(=O)O. The first kappa shape index (κ1) is 24.7. The molecule has 35 heavy (non-hydrogen) atoms. The van der Waals surface area contributed by atoms with Crippen LogP contribution in [0.15, 0.2) is 48.5 Å². The number of rotatable bonds is 9. The number of ether oxygens (including phenoxy) is 1. The Morgan fingerprint density at radius 2 is 1.66 bits per heavy atom. The van der Waals surface area contributed by atoms with Gasteiger partial charge in [-0.05, 0) is 61.5 Å². The fraction of sp³-hybridized carbons (Fsp3) is 0.444. The van der Waals surface area contributed by atoms with E-state index in [0.29, 0.717) is 6.42 Å². The quantitative estimate of drug-likeness (QED) is 0.510. The van der Waals surface area contributed by atoms with Gasteiger partial charge in [0.05, 0.1) is 0 Å². The van der Waals surface area contributed by atoms with E-state index in [9.17, 15) is 19.5 Å². The van der Waals surface area contributed by atoms with Gasteiger partial charge >= 0.3 is 12.1 Å². The summed E-state index contributed by atoms with van der Waals surface area (Å²) >= 11 is 0. The van der Waals surface area contributed by atoms with E-state index < -0.39 is 18.1 Å². The molecule has 8 heteroatoms. The van der Waals surface area contributed by atoms with Crippen molar-refractivity contribution in [1.82, 2.24) is 15.5 Å². The van der Waals surface area contributed by atoms with Crippen molar-refractivity contribution in [2.45, 2.75) is 43.7 Å². The van der Waals surface area contributed by atoms with Crippen LogP contribution in [0.3, 0.4) is 0 Å². The van der Waals surface area contributed by atoms with Gasteiger partial charge in [0.15, 0.2) is 0 Å². The molecule has 0 bridgehead atoms. The van der Waals surface area contributed by atoms with Crippen molar-refractivity contribution in [3.8, 4) is 11.1 Å². The van der Waals surface area contributed by atoms with E-state index in [1.165, 1.54) is 22.3 Å². The third-order valence-electron chi connectivity index (χ3n) is 6.86. The highest BCUT2D eigenvalue weighted by Crippen LogP contribution is 2.44. The van der Waals surface area contributed by atoms with E-state index in [-0.39, 0.29) is 43.4 Å². The average Bonchev–Trinajstić information content (AvgIpc) is 3.38. The van der Waals surface area contributed by atoms with Gasteiger partial charge in [0.2, 0.25) is 5.91 Å². The number of carbonyl (C=O) groups excluding carboxylic acids is 2. The second-order valence-electron chi connectivity index (χ2n) is 9.77. The highest BCUT2D eigenvalue weighted by molar-refractivity contribution is 5.84. The molecular formula is C27H33N3O5. The summed E-state index contributed by atoms with van der Waals surface area (Å²) in [6.45, 7) is 0.499. The van der Waals surface area contributed by atoms with Crippen LogP contribution in [-0.2, 0) is 14.3 Å². The smallest absolute Gasteiger partial charge is 0.407 e. The molecule has 0 aliphatic heterocycles. The number of hydrogen-bond donors (Lipinski definition) is 3. The molecule has 4 rings (SSSR count). The summed E-state index contributed by atoms with van der Waals surface area (Å²) in [6, 6.07) is 15.4. The predicted octanol–water partition coefficient (Wildman–Crippen LogP) is 3.21. The molecular weight excluding hydrogens is 446 g/mol. The molecule has 0 spiro atoms. The number of carboxylic acid groups (broad SMARTS) is 1. The Morgan fingerprint density at radius 3 is 2.26 bits per heavy atom. The van der Waals surface area contributed by atoms with Crippen LogP contribution in [0.25, 0.3) is 11.1 Å². The summed E-state index contributed by atoms with van der Waals surface area (Å²) in [7, 11) is 3.53. The van der Waals surface area contributed by atoms with Crippen LogP contribution in [0, 0.1) is 5.92 Å². The first-order valence-electron chi connectivity index (χ1n) is 12.1. The molecule has 2 amide bonds. The highest BCUT2D eigenvalue weighted by Gasteiger charge is 2.31. The largest absolute Gasteiger partial charge is 0.480 e. The van der Waals surface area contributed by atoms with E-state index in [4.69, 9.17) is 4.74 Å². The molecule has 186 valence electrons. The summed E-state index contributed by atoms with van der Waals surface area (Å²) in [4.78, 5) is 38.0. The highest BCUT2D eigenvalue weighted by atomic mass is 16.5.